The summed E-state index contributed by atoms with van der Waals surface area (Å²) in [5.74, 6) is 1.71. The van der Waals surface area contributed by atoms with Crippen LogP contribution in [0.3, 0.4) is 0 Å². The highest BCUT2D eigenvalue weighted by Crippen LogP contribution is 2.42. The minimum absolute atomic E-state index is 0.102. The molecule has 2 aliphatic carbocycles. The zero-order valence-electron chi connectivity index (χ0n) is 10.6. The average molecular weight is 231 g/mol. The Kier molecular flexibility index (Phi) is 2.66. The summed E-state index contributed by atoms with van der Waals surface area (Å²) in [6.07, 6.45) is 7.55. The van der Waals surface area contributed by atoms with Crippen molar-refractivity contribution in [3.05, 3.63) is 23.3 Å². The molecule has 1 heterocycles. The van der Waals surface area contributed by atoms with Gasteiger partial charge in [0, 0.05) is 29.3 Å². The lowest BCUT2D eigenvalue weighted by Gasteiger charge is -2.40. The highest BCUT2D eigenvalue weighted by Gasteiger charge is 2.40. The van der Waals surface area contributed by atoms with Crippen molar-refractivity contribution in [2.45, 2.75) is 56.8 Å². The van der Waals surface area contributed by atoms with E-state index in [2.05, 4.69) is 18.0 Å². The van der Waals surface area contributed by atoms with Crippen molar-refractivity contribution < 1.29 is 0 Å². The monoisotopic (exact) mass is 231 g/mol. The fraction of sp³-hybridized carbons (Fsp3) is 0.714. The normalized spacial score (nSPS) is 22.9. The van der Waals surface area contributed by atoms with E-state index >= 15 is 0 Å². The van der Waals surface area contributed by atoms with E-state index in [1.165, 1.54) is 31.4 Å². The van der Waals surface area contributed by atoms with Crippen LogP contribution in [0.25, 0.3) is 0 Å². The van der Waals surface area contributed by atoms with Gasteiger partial charge in [-0.25, -0.2) is 9.97 Å². The second-order valence-electron chi connectivity index (χ2n) is 5.72. The molecule has 0 spiro atoms. The summed E-state index contributed by atoms with van der Waals surface area (Å²) in [4.78, 5) is 9.48. The molecule has 2 aliphatic rings. The Bertz CT molecular complexity index is 414. The first-order valence-electron chi connectivity index (χ1n) is 6.80. The Labute approximate surface area is 103 Å². The molecule has 0 saturated heterocycles. The van der Waals surface area contributed by atoms with E-state index in [9.17, 15) is 0 Å². The molecule has 1 aromatic heterocycles. The van der Waals surface area contributed by atoms with Crippen LogP contribution in [0.2, 0.25) is 0 Å². The van der Waals surface area contributed by atoms with Crippen molar-refractivity contribution in [2.75, 3.05) is 6.54 Å². The van der Waals surface area contributed by atoms with Crippen LogP contribution in [0, 0.1) is 6.92 Å². The van der Waals surface area contributed by atoms with E-state index in [-0.39, 0.29) is 5.41 Å². The molecular formula is C14H21N3. The zero-order valence-corrected chi connectivity index (χ0v) is 10.6. The first-order valence-corrected chi connectivity index (χ1v) is 6.80. The summed E-state index contributed by atoms with van der Waals surface area (Å²) in [5.41, 5.74) is 8.42. The van der Waals surface area contributed by atoms with Crippen LogP contribution in [-0.4, -0.2) is 16.5 Å². The molecule has 92 valence electrons. The van der Waals surface area contributed by atoms with Crippen molar-refractivity contribution >= 4 is 0 Å². The maximum absolute atomic E-state index is 5.94. The van der Waals surface area contributed by atoms with E-state index in [0.717, 1.165) is 24.4 Å². The van der Waals surface area contributed by atoms with Crippen molar-refractivity contribution in [1.29, 1.82) is 0 Å². The van der Waals surface area contributed by atoms with E-state index in [0.29, 0.717) is 12.5 Å². The van der Waals surface area contributed by atoms with Gasteiger partial charge in [0.05, 0.1) is 0 Å². The molecule has 0 aliphatic heterocycles. The highest BCUT2D eigenvalue weighted by molar-refractivity contribution is 5.22. The van der Waals surface area contributed by atoms with Gasteiger partial charge in [0.2, 0.25) is 0 Å². The summed E-state index contributed by atoms with van der Waals surface area (Å²) >= 11 is 0. The van der Waals surface area contributed by atoms with Crippen molar-refractivity contribution in [3.63, 3.8) is 0 Å². The zero-order chi connectivity index (χ0) is 11.9. The number of hydrogen-bond donors (Lipinski definition) is 1. The standard InChI is InChI=1S/C14H21N3/c1-10-8-12(11-4-2-5-11)17-13(16-10)14(9-15)6-3-7-14/h8,11H,2-7,9,15H2,1H3. The fourth-order valence-electron chi connectivity index (χ4n) is 2.87. The summed E-state index contributed by atoms with van der Waals surface area (Å²) < 4.78 is 0. The molecule has 0 radical (unpaired) electrons. The summed E-state index contributed by atoms with van der Waals surface area (Å²) in [7, 11) is 0. The lowest BCUT2D eigenvalue weighted by Crippen LogP contribution is -2.43. The largest absolute Gasteiger partial charge is 0.329 e. The molecule has 0 bridgehead atoms. The van der Waals surface area contributed by atoms with Crippen molar-refractivity contribution in [1.82, 2.24) is 9.97 Å². The summed E-state index contributed by atoms with van der Waals surface area (Å²) in [5, 5.41) is 0. The molecule has 0 aromatic carbocycles. The molecule has 2 fully saturated rings. The molecule has 2 saturated carbocycles. The van der Waals surface area contributed by atoms with Gasteiger partial charge in [0.25, 0.3) is 0 Å². The summed E-state index contributed by atoms with van der Waals surface area (Å²) in [6.45, 7) is 2.77. The van der Waals surface area contributed by atoms with Gasteiger partial charge in [-0.05, 0) is 38.7 Å². The maximum Gasteiger partial charge on any atom is 0.136 e. The molecule has 1 aromatic rings. The van der Waals surface area contributed by atoms with Crippen LogP contribution < -0.4 is 5.73 Å². The fourth-order valence-corrected chi connectivity index (χ4v) is 2.87. The first kappa shape index (κ1) is 11.1. The number of aromatic nitrogens is 2. The van der Waals surface area contributed by atoms with Crippen LogP contribution in [-0.2, 0) is 5.41 Å². The van der Waals surface area contributed by atoms with Gasteiger partial charge in [0.15, 0.2) is 0 Å². The van der Waals surface area contributed by atoms with Gasteiger partial charge in [-0.1, -0.05) is 12.8 Å². The molecule has 3 nitrogen and oxygen atoms in total. The van der Waals surface area contributed by atoms with Crippen LogP contribution in [0.15, 0.2) is 6.07 Å². The maximum atomic E-state index is 5.94. The minimum atomic E-state index is 0.102. The van der Waals surface area contributed by atoms with E-state index in [1.807, 2.05) is 0 Å². The number of hydrogen-bond acceptors (Lipinski definition) is 3. The first-order chi connectivity index (χ1) is 8.23. The van der Waals surface area contributed by atoms with Gasteiger partial charge >= 0.3 is 0 Å². The Hall–Kier alpha value is -0.960. The van der Waals surface area contributed by atoms with E-state index < -0.39 is 0 Å². The number of nitrogens with two attached hydrogens (primary N) is 1. The predicted molar refractivity (Wildman–Crippen MR) is 67.9 cm³/mol. The Morgan fingerprint density at radius 1 is 1.29 bits per heavy atom. The molecule has 17 heavy (non-hydrogen) atoms. The third kappa shape index (κ3) is 1.77. The van der Waals surface area contributed by atoms with Crippen LogP contribution in [0.1, 0.15) is 61.7 Å². The summed E-state index contributed by atoms with van der Waals surface area (Å²) in [6, 6.07) is 2.16. The molecule has 2 N–H and O–H groups in total. The highest BCUT2D eigenvalue weighted by atomic mass is 14.9. The van der Waals surface area contributed by atoms with Gasteiger partial charge in [0.1, 0.15) is 5.82 Å². The molecule has 3 rings (SSSR count). The van der Waals surface area contributed by atoms with Gasteiger partial charge in [-0.3, -0.25) is 0 Å². The Balaban J connectivity index is 1.95. The SMILES string of the molecule is Cc1cc(C2CCC2)nc(C2(CN)CCC2)n1. The Morgan fingerprint density at radius 3 is 2.53 bits per heavy atom. The van der Waals surface area contributed by atoms with Crippen molar-refractivity contribution in [3.8, 4) is 0 Å². The van der Waals surface area contributed by atoms with Crippen LogP contribution in [0.4, 0.5) is 0 Å². The Morgan fingerprint density at radius 2 is 2.06 bits per heavy atom. The molecular weight excluding hydrogens is 210 g/mol. The number of rotatable bonds is 3. The average Bonchev–Trinajstić information content (AvgIpc) is 2.13. The molecule has 0 amide bonds. The minimum Gasteiger partial charge on any atom is -0.329 e. The third-order valence-electron chi connectivity index (χ3n) is 4.57. The number of nitrogens with zero attached hydrogens (tertiary/aromatic N) is 2. The lowest BCUT2D eigenvalue weighted by molar-refractivity contribution is 0.236. The molecule has 3 heteroatoms. The van der Waals surface area contributed by atoms with Crippen LogP contribution >= 0.6 is 0 Å². The lowest BCUT2D eigenvalue weighted by atomic mass is 9.68. The second-order valence-corrected chi connectivity index (χ2v) is 5.72. The van der Waals surface area contributed by atoms with E-state index in [4.69, 9.17) is 10.7 Å². The van der Waals surface area contributed by atoms with E-state index in [1.54, 1.807) is 0 Å². The quantitative estimate of drug-likeness (QED) is 0.869. The molecule has 0 atom stereocenters. The topological polar surface area (TPSA) is 51.8 Å². The van der Waals surface area contributed by atoms with Gasteiger partial charge in [-0.15, -0.1) is 0 Å². The van der Waals surface area contributed by atoms with Gasteiger partial charge in [-0.2, -0.15) is 0 Å². The smallest absolute Gasteiger partial charge is 0.136 e. The van der Waals surface area contributed by atoms with Gasteiger partial charge < -0.3 is 5.73 Å². The number of aryl methyl sites for hydroxylation is 1. The third-order valence-corrected chi connectivity index (χ3v) is 4.57. The second kappa shape index (κ2) is 4.05. The van der Waals surface area contributed by atoms with Crippen LogP contribution in [0.5, 0.6) is 0 Å². The molecule has 0 unspecified atom stereocenters. The van der Waals surface area contributed by atoms with Crippen molar-refractivity contribution in [2.24, 2.45) is 5.73 Å². The predicted octanol–water partition coefficient (Wildman–Crippen LogP) is 2.43.